The lowest BCUT2D eigenvalue weighted by atomic mass is 10.1. The minimum absolute atomic E-state index is 0.0818. The molecule has 3 rings (SSSR count). The third kappa shape index (κ3) is 4.25. The van der Waals surface area contributed by atoms with Crippen LogP contribution >= 0.6 is 0 Å². The number of carbonyl (C=O) groups excluding carboxylic acids is 1. The van der Waals surface area contributed by atoms with E-state index in [-0.39, 0.29) is 10.8 Å². The average molecular weight is 410 g/mol. The number of nitrogens with zero attached hydrogens (tertiary/aromatic N) is 1. The number of sulfonamides is 1. The number of anilines is 2. The number of methoxy groups -OCH3 is 1. The molecule has 0 aliphatic carbocycles. The highest BCUT2D eigenvalue weighted by Gasteiger charge is 2.24. The molecule has 29 heavy (non-hydrogen) atoms. The zero-order chi connectivity index (χ0) is 21.0. The predicted octanol–water partition coefficient (Wildman–Crippen LogP) is 4.08. The van der Waals surface area contributed by atoms with E-state index in [4.69, 9.17) is 4.74 Å². The van der Waals surface area contributed by atoms with Crippen molar-refractivity contribution in [3.05, 3.63) is 83.9 Å². The molecule has 0 fully saturated rings. The van der Waals surface area contributed by atoms with Crippen LogP contribution < -0.4 is 14.4 Å². The second kappa shape index (κ2) is 8.36. The van der Waals surface area contributed by atoms with Gasteiger partial charge in [0.25, 0.3) is 15.9 Å². The Bertz CT molecular complexity index is 1130. The molecule has 0 aliphatic heterocycles. The van der Waals surface area contributed by atoms with Crippen molar-refractivity contribution >= 4 is 27.3 Å². The minimum Gasteiger partial charge on any atom is -0.495 e. The summed E-state index contributed by atoms with van der Waals surface area (Å²) in [4.78, 5) is 12.6. The van der Waals surface area contributed by atoms with Crippen LogP contribution in [0.4, 0.5) is 11.4 Å². The summed E-state index contributed by atoms with van der Waals surface area (Å²) in [5.74, 6) is 0.147. The minimum atomic E-state index is -3.81. The number of carbonyl (C=O) groups is 1. The standard InChI is InChI=1S/C22H22N2O4S/c1-16-8-4-5-9-19(16)23-22(25)17-12-14-18(15-13-17)29(26,27)24(2)20-10-6-7-11-21(20)28-3/h4-15H,1-3H3,(H,23,25). The molecule has 3 aromatic carbocycles. The number of ether oxygens (including phenoxy) is 1. The van der Waals surface area contributed by atoms with Crippen LogP contribution in [0.1, 0.15) is 15.9 Å². The summed E-state index contributed by atoms with van der Waals surface area (Å²) in [5.41, 5.74) is 2.45. The molecule has 0 aromatic heterocycles. The first-order chi connectivity index (χ1) is 13.8. The van der Waals surface area contributed by atoms with Gasteiger partial charge in [0.15, 0.2) is 0 Å². The van der Waals surface area contributed by atoms with E-state index in [0.29, 0.717) is 22.7 Å². The molecule has 7 heteroatoms. The van der Waals surface area contributed by atoms with Gasteiger partial charge in [0, 0.05) is 18.3 Å². The number of benzene rings is 3. The molecule has 0 bridgehead atoms. The highest BCUT2D eigenvalue weighted by Crippen LogP contribution is 2.30. The predicted molar refractivity (Wildman–Crippen MR) is 114 cm³/mol. The van der Waals surface area contributed by atoms with Crippen LogP contribution in [0.5, 0.6) is 5.75 Å². The Kier molecular flexibility index (Phi) is 5.89. The number of nitrogens with one attached hydrogen (secondary N) is 1. The van der Waals surface area contributed by atoms with E-state index < -0.39 is 10.0 Å². The molecule has 0 spiro atoms. The van der Waals surface area contributed by atoms with Crippen LogP contribution in [0.15, 0.2) is 77.7 Å². The first kappa shape index (κ1) is 20.4. The van der Waals surface area contributed by atoms with Gasteiger partial charge in [0.1, 0.15) is 5.75 Å². The van der Waals surface area contributed by atoms with Crippen molar-refractivity contribution in [2.24, 2.45) is 0 Å². The Morgan fingerprint density at radius 1 is 0.931 bits per heavy atom. The first-order valence-corrected chi connectivity index (χ1v) is 10.4. The lowest BCUT2D eigenvalue weighted by Gasteiger charge is -2.21. The van der Waals surface area contributed by atoms with Crippen molar-refractivity contribution in [1.82, 2.24) is 0 Å². The van der Waals surface area contributed by atoms with Gasteiger partial charge in [-0.05, 0) is 55.0 Å². The van der Waals surface area contributed by atoms with Crippen molar-refractivity contribution in [3.63, 3.8) is 0 Å². The van der Waals surface area contributed by atoms with Crippen LogP contribution in [0, 0.1) is 6.92 Å². The summed E-state index contributed by atoms with van der Waals surface area (Å²) >= 11 is 0. The van der Waals surface area contributed by atoms with Crippen molar-refractivity contribution < 1.29 is 17.9 Å². The molecular formula is C22H22N2O4S. The second-order valence-electron chi connectivity index (χ2n) is 6.44. The van der Waals surface area contributed by atoms with E-state index in [1.807, 2.05) is 31.2 Å². The fourth-order valence-electron chi connectivity index (χ4n) is 2.86. The van der Waals surface area contributed by atoms with Crippen LogP contribution in [0.2, 0.25) is 0 Å². The van der Waals surface area contributed by atoms with Crippen LogP contribution in [-0.4, -0.2) is 28.5 Å². The van der Waals surface area contributed by atoms with E-state index in [2.05, 4.69) is 5.32 Å². The fourth-order valence-corrected chi connectivity index (χ4v) is 4.07. The number of hydrogen-bond donors (Lipinski definition) is 1. The topological polar surface area (TPSA) is 75.7 Å². The van der Waals surface area contributed by atoms with Gasteiger partial charge in [-0.1, -0.05) is 30.3 Å². The maximum Gasteiger partial charge on any atom is 0.264 e. The van der Waals surface area contributed by atoms with E-state index >= 15 is 0 Å². The molecule has 6 nitrogen and oxygen atoms in total. The van der Waals surface area contributed by atoms with E-state index in [9.17, 15) is 13.2 Å². The number of amides is 1. The molecule has 0 heterocycles. The van der Waals surface area contributed by atoms with E-state index in [0.717, 1.165) is 9.87 Å². The number of hydrogen-bond acceptors (Lipinski definition) is 4. The molecule has 0 unspecified atom stereocenters. The third-order valence-corrected chi connectivity index (χ3v) is 6.38. The van der Waals surface area contributed by atoms with Gasteiger partial charge in [0.05, 0.1) is 17.7 Å². The highest BCUT2D eigenvalue weighted by atomic mass is 32.2. The Hall–Kier alpha value is -3.32. The SMILES string of the molecule is COc1ccccc1N(C)S(=O)(=O)c1ccc(C(=O)Nc2ccccc2C)cc1. The summed E-state index contributed by atoms with van der Waals surface area (Å²) in [6, 6.07) is 20.2. The third-order valence-electron chi connectivity index (χ3n) is 4.59. The van der Waals surface area contributed by atoms with Gasteiger partial charge in [-0.25, -0.2) is 8.42 Å². The van der Waals surface area contributed by atoms with Gasteiger partial charge in [-0.3, -0.25) is 9.10 Å². The van der Waals surface area contributed by atoms with E-state index in [1.165, 1.54) is 38.4 Å². The van der Waals surface area contributed by atoms with Crippen molar-refractivity contribution in [2.75, 3.05) is 23.8 Å². The van der Waals surface area contributed by atoms with Crippen LogP contribution in [0.25, 0.3) is 0 Å². The van der Waals surface area contributed by atoms with Gasteiger partial charge in [-0.2, -0.15) is 0 Å². The summed E-state index contributed by atoms with van der Waals surface area (Å²) in [6.07, 6.45) is 0. The zero-order valence-corrected chi connectivity index (χ0v) is 17.2. The number of para-hydroxylation sites is 3. The van der Waals surface area contributed by atoms with Gasteiger partial charge >= 0.3 is 0 Å². The zero-order valence-electron chi connectivity index (χ0n) is 16.4. The van der Waals surface area contributed by atoms with Crippen molar-refractivity contribution in [2.45, 2.75) is 11.8 Å². The molecule has 150 valence electrons. The van der Waals surface area contributed by atoms with Gasteiger partial charge < -0.3 is 10.1 Å². The molecular weight excluding hydrogens is 388 g/mol. The van der Waals surface area contributed by atoms with Crippen LogP contribution in [-0.2, 0) is 10.0 Å². The summed E-state index contributed by atoms with van der Waals surface area (Å²) in [5, 5.41) is 2.83. The number of rotatable bonds is 6. The molecule has 0 saturated heterocycles. The summed E-state index contributed by atoms with van der Waals surface area (Å²) in [7, 11) is -0.860. The normalized spacial score (nSPS) is 11.0. The van der Waals surface area contributed by atoms with E-state index in [1.54, 1.807) is 24.3 Å². The van der Waals surface area contributed by atoms with Crippen molar-refractivity contribution in [1.29, 1.82) is 0 Å². The molecule has 3 aromatic rings. The van der Waals surface area contributed by atoms with Crippen molar-refractivity contribution in [3.8, 4) is 5.75 Å². The fraction of sp³-hybridized carbons (Fsp3) is 0.136. The molecule has 0 atom stereocenters. The lowest BCUT2D eigenvalue weighted by Crippen LogP contribution is -2.27. The molecule has 1 amide bonds. The van der Waals surface area contributed by atoms with Crippen LogP contribution in [0.3, 0.4) is 0 Å². The Morgan fingerprint density at radius 3 is 2.21 bits per heavy atom. The monoisotopic (exact) mass is 410 g/mol. The quantitative estimate of drug-likeness (QED) is 0.664. The highest BCUT2D eigenvalue weighted by molar-refractivity contribution is 7.92. The molecule has 0 saturated carbocycles. The molecule has 1 N–H and O–H groups in total. The average Bonchev–Trinajstić information content (AvgIpc) is 2.74. The number of aryl methyl sites for hydroxylation is 1. The summed E-state index contributed by atoms with van der Waals surface area (Å²) in [6.45, 7) is 1.90. The maximum absolute atomic E-state index is 13.0. The molecule has 0 aliphatic rings. The Balaban J connectivity index is 1.83. The largest absolute Gasteiger partial charge is 0.495 e. The smallest absolute Gasteiger partial charge is 0.264 e. The Labute approximate surface area is 170 Å². The summed E-state index contributed by atoms with van der Waals surface area (Å²) < 4.78 is 32.4. The van der Waals surface area contributed by atoms with Gasteiger partial charge in [0.2, 0.25) is 0 Å². The maximum atomic E-state index is 13.0. The lowest BCUT2D eigenvalue weighted by molar-refractivity contribution is 0.102. The van der Waals surface area contributed by atoms with Gasteiger partial charge in [-0.15, -0.1) is 0 Å². The first-order valence-electron chi connectivity index (χ1n) is 8.93. The molecule has 0 radical (unpaired) electrons. The Morgan fingerprint density at radius 2 is 1.55 bits per heavy atom. The second-order valence-corrected chi connectivity index (χ2v) is 8.41.